The van der Waals surface area contributed by atoms with Gasteiger partial charge in [-0.05, 0) is 42.0 Å². The first kappa shape index (κ1) is 28.7. The maximum Gasteiger partial charge on any atom is 0.258 e. The van der Waals surface area contributed by atoms with E-state index in [1.807, 2.05) is 18.2 Å². The number of halogens is 1. The molecule has 3 aromatic carbocycles. The van der Waals surface area contributed by atoms with Crippen LogP contribution in [0.25, 0.3) is 0 Å². The molecule has 11 heteroatoms. The number of amides is 3. The molecule has 220 valence electrons. The highest BCUT2D eigenvalue weighted by molar-refractivity contribution is 5.95. The van der Waals surface area contributed by atoms with Crippen LogP contribution >= 0.6 is 0 Å². The van der Waals surface area contributed by atoms with Crippen molar-refractivity contribution in [1.29, 1.82) is 0 Å². The Hall–Kier alpha value is -4.80. The Bertz CT molecular complexity index is 1480. The third-order valence-electron chi connectivity index (χ3n) is 7.25. The van der Waals surface area contributed by atoms with Crippen LogP contribution in [0.3, 0.4) is 0 Å². The Morgan fingerprint density at radius 3 is 2.67 bits per heavy atom. The van der Waals surface area contributed by atoms with Crippen molar-refractivity contribution >= 4 is 17.7 Å². The fraction of sp³-hybridized carbons (Fsp3) is 0.323. The number of carbonyl (C=O) groups is 3. The average molecular weight is 578 g/mol. The maximum atomic E-state index is 14.5. The van der Waals surface area contributed by atoms with Crippen LogP contribution in [-0.4, -0.2) is 68.7 Å². The molecule has 5 rings (SSSR count). The molecular formula is C31H32FN3O7. The van der Waals surface area contributed by atoms with Gasteiger partial charge in [-0.25, -0.2) is 4.39 Å². The standard InChI is InChI=1S/C31H32FN3O7/c1-39-25-6-4-3-5-20(25)14-30(37)35-10-9-26-24(17-35)34-31(38)21-7-8-27(40-2)28(13-21)41-18-29(36)33-16-19-11-22(32)15-23(12-19)42-26/h3-8,11-13,15,24,26H,9-10,14,16-18H2,1-2H3,(H,33,36)(H,34,38)/t24-,26+/m0/s1. The zero-order valence-electron chi connectivity index (χ0n) is 23.4. The van der Waals surface area contributed by atoms with E-state index in [0.29, 0.717) is 30.0 Å². The van der Waals surface area contributed by atoms with E-state index in [1.165, 1.54) is 25.3 Å². The molecular weight excluding hydrogens is 545 g/mol. The first-order valence-corrected chi connectivity index (χ1v) is 13.6. The number of rotatable bonds is 4. The van der Waals surface area contributed by atoms with E-state index in [0.717, 1.165) is 5.56 Å². The summed E-state index contributed by atoms with van der Waals surface area (Å²) in [7, 11) is 3.01. The lowest BCUT2D eigenvalue weighted by Gasteiger charge is -2.39. The van der Waals surface area contributed by atoms with Crippen molar-refractivity contribution in [3.63, 3.8) is 0 Å². The van der Waals surface area contributed by atoms with Gasteiger partial charge in [0.2, 0.25) is 5.91 Å². The molecule has 0 unspecified atom stereocenters. The predicted octanol–water partition coefficient (Wildman–Crippen LogP) is 2.87. The van der Waals surface area contributed by atoms with Crippen LogP contribution < -0.4 is 29.6 Å². The number of carbonyl (C=O) groups excluding carboxylic acids is 3. The highest BCUT2D eigenvalue weighted by Gasteiger charge is 2.35. The molecule has 2 atom stereocenters. The number of nitrogens with zero attached hydrogens (tertiary/aromatic N) is 1. The van der Waals surface area contributed by atoms with Crippen molar-refractivity contribution in [2.24, 2.45) is 0 Å². The molecule has 2 N–H and O–H groups in total. The molecule has 42 heavy (non-hydrogen) atoms. The molecule has 1 fully saturated rings. The van der Waals surface area contributed by atoms with Gasteiger partial charge in [0.25, 0.3) is 11.8 Å². The number of methoxy groups -OCH3 is 2. The van der Waals surface area contributed by atoms with E-state index < -0.39 is 29.8 Å². The number of fused-ring (bicyclic) bond motifs is 5. The average Bonchev–Trinajstić information content (AvgIpc) is 2.99. The smallest absolute Gasteiger partial charge is 0.258 e. The third kappa shape index (κ3) is 6.73. The highest BCUT2D eigenvalue weighted by atomic mass is 19.1. The fourth-order valence-corrected chi connectivity index (χ4v) is 5.10. The summed E-state index contributed by atoms with van der Waals surface area (Å²) in [5.74, 6) is -0.0764. The lowest BCUT2D eigenvalue weighted by molar-refractivity contribution is -0.133. The van der Waals surface area contributed by atoms with Gasteiger partial charge in [-0.1, -0.05) is 18.2 Å². The Balaban J connectivity index is 1.43. The molecule has 0 spiro atoms. The largest absolute Gasteiger partial charge is 0.496 e. The molecule has 0 aromatic heterocycles. The van der Waals surface area contributed by atoms with E-state index in [2.05, 4.69) is 10.6 Å². The van der Waals surface area contributed by atoms with Crippen molar-refractivity contribution in [3.05, 3.63) is 83.2 Å². The minimum Gasteiger partial charge on any atom is -0.496 e. The second-order valence-corrected chi connectivity index (χ2v) is 10.1. The lowest BCUT2D eigenvalue weighted by atomic mass is 9.99. The van der Waals surface area contributed by atoms with Crippen LogP contribution in [0.2, 0.25) is 0 Å². The molecule has 2 heterocycles. The van der Waals surface area contributed by atoms with Crippen LogP contribution in [0, 0.1) is 5.82 Å². The summed E-state index contributed by atoms with van der Waals surface area (Å²) in [5.41, 5.74) is 1.52. The first-order chi connectivity index (χ1) is 20.3. The number of benzene rings is 3. The van der Waals surface area contributed by atoms with Crippen LogP contribution in [0.1, 0.15) is 27.9 Å². The molecule has 10 nitrogen and oxygen atoms in total. The van der Waals surface area contributed by atoms with Crippen molar-refractivity contribution < 1.29 is 37.7 Å². The summed E-state index contributed by atoms with van der Waals surface area (Å²) >= 11 is 0. The topological polar surface area (TPSA) is 115 Å². The Labute approximate surface area is 242 Å². The molecule has 0 saturated carbocycles. The number of piperidine rings is 1. The molecule has 0 radical (unpaired) electrons. The first-order valence-electron chi connectivity index (χ1n) is 13.6. The van der Waals surface area contributed by atoms with Crippen molar-refractivity contribution in [3.8, 4) is 23.0 Å². The van der Waals surface area contributed by atoms with E-state index in [1.54, 1.807) is 36.3 Å². The molecule has 2 aliphatic heterocycles. The number of nitrogens with one attached hydrogen (secondary N) is 2. The van der Waals surface area contributed by atoms with Gasteiger partial charge in [-0.2, -0.15) is 0 Å². The monoisotopic (exact) mass is 577 g/mol. The number of hydrogen-bond donors (Lipinski definition) is 2. The van der Waals surface area contributed by atoms with Gasteiger partial charge in [-0.15, -0.1) is 0 Å². The second-order valence-electron chi connectivity index (χ2n) is 10.1. The SMILES string of the molecule is COc1ccccc1CC(=O)N1CC[C@H]2Oc3cc(F)cc(c3)CNC(=O)COc3cc(ccc3OC)C(=O)N[C@H]2C1. The molecule has 2 aliphatic rings. The Morgan fingerprint density at radius 2 is 1.86 bits per heavy atom. The van der Waals surface area contributed by atoms with Gasteiger partial charge >= 0.3 is 0 Å². The highest BCUT2D eigenvalue weighted by Crippen LogP contribution is 2.29. The Morgan fingerprint density at radius 1 is 1.05 bits per heavy atom. The van der Waals surface area contributed by atoms with E-state index >= 15 is 0 Å². The van der Waals surface area contributed by atoms with E-state index in [9.17, 15) is 18.8 Å². The van der Waals surface area contributed by atoms with Crippen molar-refractivity contribution in [2.45, 2.75) is 31.5 Å². The van der Waals surface area contributed by atoms with Crippen molar-refractivity contribution in [2.75, 3.05) is 33.9 Å². The van der Waals surface area contributed by atoms with Gasteiger partial charge < -0.3 is 34.5 Å². The summed E-state index contributed by atoms with van der Waals surface area (Å²) in [6.45, 7) is 0.281. The Kier molecular flexibility index (Phi) is 8.75. The van der Waals surface area contributed by atoms with Gasteiger partial charge in [0, 0.05) is 43.2 Å². The van der Waals surface area contributed by atoms with E-state index in [-0.39, 0.29) is 49.1 Å². The number of ether oxygens (including phenoxy) is 4. The molecule has 4 bridgehead atoms. The summed E-state index contributed by atoms with van der Waals surface area (Å²) < 4.78 is 37.1. The van der Waals surface area contributed by atoms with Crippen LogP contribution in [-0.2, 0) is 22.6 Å². The number of hydrogen-bond acceptors (Lipinski definition) is 7. The zero-order chi connectivity index (χ0) is 29.6. The minimum absolute atomic E-state index is 0.0591. The maximum absolute atomic E-state index is 14.5. The van der Waals surface area contributed by atoms with Crippen LogP contribution in [0.5, 0.6) is 23.0 Å². The fourth-order valence-electron chi connectivity index (χ4n) is 5.10. The molecule has 1 saturated heterocycles. The van der Waals surface area contributed by atoms with E-state index in [4.69, 9.17) is 18.9 Å². The quantitative estimate of drug-likeness (QED) is 0.490. The summed E-state index contributed by atoms with van der Waals surface area (Å²) in [6.07, 6.45) is -0.0355. The lowest BCUT2D eigenvalue weighted by Crippen LogP contribution is -2.58. The zero-order valence-corrected chi connectivity index (χ0v) is 23.4. The number of para-hydroxylation sites is 1. The molecule has 0 aliphatic carbocycles. The predicted molar refractivity (Wildman–Crippen MR) is 150 cm³/mol. The van der Waals surface area contributed by atoms with Gasteiger partial charge in [0.15, 0.2) is 18.1 Å². The minimum atomic E-state index is -0.612. The van der Waals surface area contributed by atoms with Crippen LogP contribution in [0.15, 0.2) is 60.7 Å². The van der Waals surface area contributed by atoms with Gasteiger partial charge in [-0.3, -0.25) is 14.4 Å². The normalized spacial score (nSPS) is 18.9. The third-order valence-corrected chi connectivity index (χ3v) is 7.25. The summed E-state index contributed by atoms with van der Waals surface area (Å²) in [4.78, 5) is 40.9. The molecule has 3 aromatic rings. The number of likely N-dealkylation sites (tertiary alicyclic amines) is 1. The second kappa shape index (κ2) is 12.8. The summed E-state index contributed by atoms with van der Waals surface area (Å²) in [5, 5.41) is 5.70. The summed E-state index contributed by atoms with van der Waals surface area (Å²) in [6, 6.07) is 15.6. The van der Waals surface area contributed by atoms with Crippen molar-refractivity contribution in [1.82, 2.24) is 15.5 Å². The van der Waals surface area contributed by atoms with Gasteiger partial charge in [0.1, 0.15) is 23.4 Å². The van der Waals surface area contributed by atoms with Crippen LogP contribution in [0.4, 0.5) is 4.39 Å². The molecule has 3 amide bonds. The van der Waals surface area contributed by atoms with Gasteiger partial charge in [0.05, 0.1) is 26.7 Å².